The van der Waals surface area contributed by atoms with Gasteiger partial charge in [0.05, 0.1) is 10.7 Å². The molecule has 20 heavy (non-hydrogen) atoms. The maximum Gasteiger partial charge on any atom is 0.320 e. The lowest BCUT2D eigenvalue weighted by Gasteiger charge is -2.39. The Kier molecular flexibility index (Phi) is 4.78. The van der Waals surface area contributed by atoms with Gasteiger partial charge in [-0.25, -0.2) is 4.98 Å². The van der Waals surface area contributed by atoms with E-state index < -0.39 is 5.97 Å². The van der Waals surface area contributed by atoms with Crippen LogP contribution in [0.25, 0.3) is 0 Å². The van der Waals surface area contributed by atoms with Crippen LogP contribution >= 0.6 is 11.3 Å². The average molecular weight is 297 g/mol. The minimum atomic E-state index is -0.736. The summed E-state index contributed by atoms with van der Waals surface area (Å²) in [5.74, 6) is -0.736. The standard InChI is InChI=1S/C14H23N3O2S/c1-9-13(20-12(4)15-9)10(2)16-5-7-17(8-6-16)11(3)14(18)19/h10-11H,5-8H2,1-4H3,(H,18,19). The number of carboxylic acid groups (broad SMARTS) is 1. The lowest BCUT2D eigenvalue weighted by Crippen LogP contribution is -2.52. The number of aromatic nitrogens is 1. The molecule has 112 valence electrons. The lowest BCUT2D eigenvalue weighted by atomic mass is 10.1. The largest absolute Gasteiger partial charge is 0.480 e. The molecule has 1 aromatic rings. The first-order valence-electron chi connectivity index (χ1n) is 7.05. The van der Waals surface area contributed by atoms with Crippen molar-refractivity contribution < 1.29 is 9.90 Å². The third-order valence-electron chi connectivity index (χ3n) is 4.12. The van der Waals surface area contributed by atoms with E-state index in [1.54, 1.807) is 18.3 Å². The molecule has 0 aromatic carbocycles. The summed E-state index contributed by atoms with van der Waals surface area (Å²) in [6, 6.07) is -0.0247. The molecule has 1 aliphatic heterocycles. The third-order valence-corrected chi connectivity index (χ3v) is 5.36. The van der Waals surface area contributed by atoms with Gasteiger partial charge in [-0.2, -0.15) is 0 Å². The van der Waals surface area contributed by atoms with E-state index in [4.69, 9.17) is 5.11 Å². The third kappa shape index (κ3) is 3.19. The van der Waals surface area contributed by atoms with Crippen LogP contribution in [0.5, 0.6) is 0 Å². The highest BCUT2D eigenvalue weighted by Crippen LogP contribution is 2.29. The van der Waals surface area contributed by atoms with Crippen molar-refractivity contribution in [3.8, 4) is 0 Å². The molecule has 5 nitrogen and oxygen atoms in total. The second-order valence-corrected chi connectivity index (χ2v) is 6.68. The number of piperazine rings is 1. The summed E-state index contributed by atoms with van der Waals surface area (Å²) in [6.45, 7) is 11.5. The van der Waals surface area contributed by atoms with Gasteiger partial charge in [-0.15, -0.1) is 11.3 Å². The van der Waals surface area contributed by atoms with Crippen LogP contribution in [-0.4, -0.2) is 58.1 Å². The highest BCUT2D eigenvalue weighted by atomic mass is 32.1. The van der Waals surface area contributed by atoms with Crippen LogP contribution in [0, 0.1) is 13.8 Å². The Morgan fingerprint density at radius 1 is 1.20 bits per heavy atom. The number of aliphatic carboxylic acids is 1. The molecule has 0 radical (unpaired) electrons. The Morgan fingerprint density at radius 2 is 1.75 bits per heavy atom. The van der Waals surface area contributed by atoms with Gasteiger partial charge in [0.1, 0.15) is 6.04 Å². The molecule has 0 aliphatic carbocycles. The van der Waals surface area contributed by atoms with Gasteiger partial charge < -0.3 is 5.11 Å². The van der Waals surface area contributed by atoms with Gasteiger partial charge in [0.2, 0.25) is 0 Å². The molecular weight excluding hydrogens is 274 g/mol. The van der Waals surface area contributed by atoms with Crippen molar-refractivity contribution in [2.75, 3.05) is 26.2 Å². The van der Waals surface area contributed by atoms with Crippen molar-refractivity contribution in [2.45, 2.75) is 39.8 Å². The van der Waals surface area contributed by atoms with Crippen LogP contribution in [0.4, 0.5) is 0 Å². The zero-order chi connectivity index (χ0) is 14.9. The minimum Gasteiger partial charge on any atom is -0.480 e. The number of aryl methyl sites for hydroxylation is 2. The van der Waals surface area contributed by atoms with Crippen LogP contribution in [0.3, 0.4) is 0 Å². The Morgan fingerprint density at radius 3 is 2.20 bits per heavy atom. The van der Waals surface area contributed by atoms with E-state index in [9.17, 15) is 4.79 Å². The second-order valence-electron chi connectivity index (χ2n) is 5.44. The number of carboxylic acids is 1. The predicted octanol–water partition coefficient (Wildman–Crippen LogP) is 1.91. The summed E-state index contributed by atoms with van der Waals surface area (Å²) in [7, 11) is 0. The first-order chi connectivity index (χ1) is 9.40. The molecule has 1 fully saturated rings. The maximum atomic E-state index is 11.0. The van der Waals surface area contributed by atoms with E-state index in [2.05, 4.69) is 23.7 Å². The molecule has 0 spiro atoms. The van der Waals surface area contributed by atoms with Crippen molar-refractivity contribution in [1.29, 1.82) is 0 Å². The average Bonchev–Trinajstić information content (AvgIpc) is 2.76. The Hall–Kier alpha value is -0.980. The Balaban J connectivity index is 1.97. The highest BCUT2D eigenvalue weighted by Gasteiger charge is 2.28. The normalized spacial score (nSPS) is 20.8. The summed E-state index contributed by atoms with van der Waals surface area (Å²) in [4.78, 5) is 21.3. The molecule has 6 heteroatoms. The summed E-state index contributed by atoms with van der Waals surface area (Å²) >= 11 is 1.77. The molecule has 1 aromatic heterocycles. The molecule has 2 atom stereocenters. The van der Waals surface area contributed by atoms with E-state index in [-0.39, 0.29) is 6.04 Å². The predicted molar refractivity (Wildman–Crippen MR) is 80.2 cm³/mol. The molecule has 0 bridgehead atoms. The van der Waals surface area contributed by atoms with E-state index >= 15 is 0 Å². The summed E-state index contributed by atoms with van der Waals surface area (Å²) < 4.78 is 0. The maximum absolute atomic E-state index is 11.0. The van der Waals surface area contributed by atoms with Crippen molar-refractivity contribution >= 4 is 17.3 Å². The van der Waals surface area contributed by atoms with E-state index in [1.165, 1.54) is 4.88 Å². The van der Waals surface area contributed by atoms with E-state index in [1.807, 2.05) is 11.8 Å². The van der Waals surface area contributed by atoms with Gasteiger partial charge >= 0.3 is 5.97 Å². The van der Waals surface area contributed by atoms with Gasteiger partial charge in [0.15, 0.2) is 0 Å². The first kappa shape index (κ1) is 15.4. The monoisotopic (exact) mass is 297 g/mol. The highest BCUT2D eigenvalue weighted by molar-refractivity contribution is 7.11. The number of carbonyl (C=O) groups is 1. The zero-order valence-electron chi connectivity index (χ0n) is 12.6. The topological polar surface area (TPSA) is 56.7 Å². The van der Waals surface area contributed by atoms with Crippen molar-refractivity contribution in [1.82, 2.24) is 14.8 Å². The summed E-state index contributed by atoms with van der Waals surface area (Å²) in [6.07, 6.45) is 0. The van der Waals surface area contributed by atoms with Crippen LogP contribution in [0.1, 0.15) is 35.5 Å². The van der Waals surface area contributed by atoms with Crippen molar-refractivity contribution in [3.05, 3.63) is 15.6 Å². The number of hydrogen-bond donors (Lipinski definition) is 1. The fraction of sp³-hybridized carbons (Fsp3) is 0.714. The fourth-order valence-corrected chi connectivity index (χ4v) is 3.78. The first-order valence-corrected chi connectivity index (χ1v) is 7.86. The molecular formula is C14H23N3O2S. The molecule has 1 aliphatic rings. The SMILES string of the molecule is Cc1nc(C)c(C(C)N2CCN(C(C)C(=O)O)CC2)s1. The van der Waals surface area contributed by atoms with Gasteiger partial charge in [-0.3, -0.25) is 14.6 Å². The Bertz CT molecular complexity index is 481. The van der Waals surface area contributed by atoms with E-state index in [0.717, 1.165) is 36.9 Å². The summed E-state index contributed by atoms with van der Waals surface area (Å²) in [5, 5.41) is 10.2. The Labute approximate surface area is 124 Å². The molecule has 0 amide bonds. The number of nitrogens with zero attached hydrogens (tertiary/aromatic N) is 3. The quantitative estimate of drug-likeness (QED) is 0.920. The minimum absolute atomic E-state index is 0.364. The number of hydrogen-bond acceptors (Lipinski definition) is 5. The molecule has 2 rings (SSSR count). The number of rotatable bonds is 4. The second kappa shape index (κ2) is 6.20. The molecule has 1 saturated heterocycles. The van der Waals surface area contributed by atoms with Gasteiger partial charge in [-0.1, -0.05) is 0 Å². The van der Waals surface area contributed by atoms with Gasteiger partial charge in [0.25, 0.3) is 0 Å². The lowest BCUT2D eigenvalue weighted by molar-refractivity contribution is -0.143. The van der Waals surface area contributed by atoms with Gasteiger partial charge in [0, 0.05) is 37.1 Å². The zero-order valence-corrected chi connectivity index (χ0v) is 13.4. The van der Waals surface area contributed by atoms with Crippen LogP contribution in [0.2, 0.25) is 0 Å². The molecule has 0 saturated carbocycles. The van der Waals surface area contributed by atoms with Crippen LogP contribution in [0.15, 0.2) is 0 Å². The molecule has 2 heterocycles. The van der Waals surface area contributed by atoms with Crippen molar-refractivity contribution in [2.24, 2.45) is 0 Å². The number of thiazole rings is 1. The summed E-state index contributed by atoms with van der Waals surface area (Å²) in [5.41, 5.74) is 1.13. The smallest absolute Gasteiger partial charge is 0.320 e. The van der Waals surface area contributed by atoms with Gasteiger partial charge in [-0.05, 0) is 27.7 Å². The molecule has 1 N–H and O–H groups in total. The van der Waals surface area contributed by atoms with Crippen LogP contribution in [-0.2, 0) is 4.79 Å². The van der Waals surface area contributed by atoms with E-state index in [0.29, 0.717) is 6.04 Å². The molecule has 2 unspecified atom stereocenters. The van der Waals surface area contributed by atoms with Crippen molar-refractivity contribution in [3.63, 3.8) is 0 Å². The fourth-order valence-electron chi connectivity index (χ4n) is 2.77. The van der Waals surface area contributed by atoms with Crippen LogP contribution < -0.4 is 0 Å².